The standard InChI is InChI=1S/C14H25N3OS/c1-4-15-14(16-7-8-18-5-2)17-10-12(3)13-6-9-19-11-13/h6,9,11-12H,4-5,7-8,10H2,1-3H3,(H2,15,16,17). The Hall–Kier alpha value is -1.07. The van der Waals surface area contributed by atoms with E-state index in [4.69, 9.17) is 4.74 Å². The van der Waals surface area contributed by atoms with Crippen molar-refractivity contribution in [1.82, 2.24) is 10.6 Å². The van der Waals surface area contributed by atoms with Gasteiger partial charge in [-0.15, -0.1) is 0 Å². The Morgan fingerprint density at radius 3 is 2.89 bits per heavy atom. The predicted molar refractivity (Wildman–Crippen MR) is 83.2 cm³/mol. The maximum Gasteiger partial charge on any atom is 0.191 e. The van der Waals surface area contributed by atoms with Crippen molar-refractivity contribution in [3.05, 3.63) is 22.4 Å². The van der Waals surface area contributed by atoms with Crippen LogP contribution in [-0.2, 0) is 4.74 Å². The maximum absolute atomic E-state index is 5.30. The molecule has 1 heterocycles. The summed E-state index contributed by atoms with van der Waals surface area (Å²) < 4.78 is 5.30. The van der Waals surface area contributed by atoms with E-state index < -0.39 is 0 Å². The van der Waals surface area contributed by atoms with Gasteiger partial charge in [0, 0.05) is 32.2 Å². The maximum atomic E-state index is 5.30. The predicted octanol–water partition coefficient (Wildman–Crippen LogP) is 2.44. The Kier molecular flexibility index (Phi) is 8.25. The van der Waals surface area contributed by atoms with Crippen LogP contribution in [0.4, 0.5) is 0 Å². The number of hydrogen-bond donors (Lipinski definition) is 2. The smallest absolute Gasteiger partial charge is 0.191 e. The normalized spacial score (nSPS) is 13.3. The van der Waals surface area contributed by atoms with Crippen LogP contribution in [0.1, 0.15) is 32.3 Å². The van der Waals surface area contributed by atoms with Gasteiger partial charge in [-0.1, -0.05) is 6.92 Å². The first kappa shape index (κ1) is 16.0. The van der Waals surface area contributed by atoms with Crippen LogP contribution in [0.2, 0.25) is 0 Å². The second-order valence-corrected chi connectivity index (χ2v) is 5.08. The Morgan fingerprint density at radius 1 is 1.42 bits per heavy atom. The highest BCUT2D eigenvalue weighted by molar-refractivity contribution is 7.07. The molecular weight excluding hydrogens is 258 g/mol. The molecule has 0 saturated carbocycles. The summed E-state index contributed by atoms with van der Waals surface area (Å²) in [4.78, 5) is 4.61. The van der Waals surface area contributed by atoms with Gasteiger partial charge in [-0.3, -0.25) is 4.99 Å². The molecule has 0 spiro atoms. The monoisotopic (exact) mass is 283 g/mol. The van der Waals surface area contributed by atoms with Gasteiger partial charge in [-0.05, 0) is 36.2 Å². The quantitative estimate of drug-likeness (QED) is 0.437. The zero-order valence-corrected chi connectivity index (χ0v) is 12.9. The zero-order valence-electron chi connectivity index (χ0n) is 12.1. The fourth-order valence-corrected chi connectivity index (χ4v) is 2.40. The minimum Gasteiger partial charge on any atom is -0.380 e. The van der Waals surface area contributed by atoms with E-state index in [9.17, 15) is 0 Å². The third kappa shape index (κ3) is 6.59. The number of guanidine groups is 1. The average Bonchev–Trinajstić information content (AvgIpc) is 2.94. The first-order valence-electron chi connectivity index (χ1n) is 6.89. The van der Waals surface area contributed by atoms with Crippen molar-refractivity contribution in [2.24, 2.45) is 4.99 Å². The third-order valence-corrected chi connectivity index (χ3v) is 3.42. The van der Waals surface area contributed by atoms with E-state index in [1.54, 1.807) is 11.3 Å². The van der Waals surface area contributed by atoms with Crippen molar-refractivity contribution in [2.75, 3.05) is 32.8 Å². The molecule has 0 saturated heterocycles. The number of hydrogen-bond acceptors (Lipinski definition) is 3. The van der Waals surface area contributed by atoms with Crippen molar-refractivity contribution < 1.29 is 4.74 Å². The molecule has 0 aliphatic rings. The van der Waals surface area contributed by atoms with E-state index in [1.807, 2.05) is 6.92 Å². The van der Waals surface area contributed by atoms with Crippen LogP contribution in [0.15, 0.2) is 21.8 Å². The summed E-state index contributed by atoms with van der Waals surface area (Å²) in [5.41, 5.74) is 1.36. The number of aliphatic imine (C=N–C) groups is 1. The van der Waals surface area contributed by atoms with Crippen molar-refractivity contribution in [3.8, 4) is 0 Å². The van der Waals surface area contributed by atoms with Gasteiger partial charge in [0.15, 0.2) is 5.96 Å². The molecule has 2 N–H and O–H groups in total. The van der Waals surface area contributed by atoms with Crippen molar-refractivity contribution in [3.63, 3.8) is 0 Å². The zero-order chi connectivity index (χ0) is 13.9. The molecule has 1 rings (SSSR count). The molecule has 0 aliphatic carbocycles. The lowest BCUT2D eigenvalue weighted by molar-refractivity contribution is 0.152. The van der Waals surface area contributed by atoms with Crippen molar-refractivity contribution in [1.29, 1.82) is 0 Å². The van der Waals surface area contributed by atoms with Gasteiger partial charge < -0.3 is 15.4 Å². The molecule has 5 heteroatoms. The molecule has 4 nitrogen and oxygen atoms in total. The van der Waals surface area contributed by atoms with E-state index >= 15 is 0 Å². The molecule has 0 aliphatic heterocycles. The number of nitrogens with zero attached hydrogens (tertiary/aromatic N) is 1. The third-order valence-electron chi connectivity index (χ3n) is 2.72. The summed E-state index contributed by atoms with van der Waals surface area (Å²) in [6.07, 6.45) is 0. The van der Waals surface area contributed by atoms with E-state index in [0.717, 1.165) is 32.2 Å². The summed E-state index contributed by atoms with van der Waals surface area (Å²) in [5, 5.41) is 10.8. The molecule has 0 aromatic carbocycles. The van der Waals surface area contributed by atoms with Gasteiger partial charge in [-0.2, -0.15) is 11.3 Å². The van der Waals surface area contributed by atoms with E-state index in [1.165, 1.54) is 5.56 Å². The Morgan fingerprint density at radius 2 is 2.26 bits per heavy atom. The molecule has 0 bridgehead atoms. The first-order chi connectivity index (χ1) is 9.27. The average molecular weight is 283 g/mol. The van der Waals surface area contributed by atoms with E-state index in [-0.39, 0.29) is 0 Å². The summed E-state index contributed by atoms with van der Waals surface area (Å²) >= 11 is 1.74. The highest BCUT2D eigenvalue weighted by Crippen LogP contribution is 2.18. The number of rotatable bonds is 8. The van der Waals surface area contributed by atoms with Crippen LogP contribution in [0.25, 0.3) is 0 Å². The first-order valence-corrected chi connectivity index (χ1v) is 7.84. The van der Waals surface area contributed by atoms with Crippen molar-refractivity contribution >= 4 is 17.3 Å². The molecule has 1 unspecified atom stereocenters. The van der Waals surface area contributed by atoms with Gasteiger partial charge in [0.1, 0.15) is 0 Å². The summed E-state index contributed by atoms with van der Waals surface area (Å²) in [7, 11) is 0. The van der Waals surface area contributed by atoms with Crippen molar-refractivity contribution in [2.45, 2.75) is 26.7 Å². The Labute approximate surface area is 120 Å². The molecule has 0 fully saturated rings. The Bertz CT molecular complexity index is 352. The molecule has 1 aromatic heterocycles. The Balaban J connectivity index is 2.39. The largest absolute Gasteiger partial charge is 0.380 e. The lowest BCUT2D eigenvalue weighted by atomic mass is 10.1. The minimum atomic E-state index is 0.452. The second kappa shape index (κ2) is 9.81. The SMILES string of the molecule is CCNC(=NCC(C)c1ccsc1)NCCOCC. The van der Waals surface area contributed by atoms with Gasteiger partial charge >= 0.3 is 0 Å². The fourth-order valence-electron chi connectivity index (χ4n) is 1.62. The molecule has 19 heavy (non-hydrogen) atoms. The van der Waals surface area contributed by atoms with E-state index in [0.29, 0.717) is 12.5 Å². The van der Waals surface area contributed by atoms with E-state index in [2.05, 4.69) is 46.3 Å². The van der Waals surface area contributed by atoms with Crippen LogP contribution in [0.5, 0.6) is 0 Å². The molecule has 108 valence electrons. The van der Waals surface area contributed by atoms with Gasteiger partial charge in [-0.25, -0.2) is 0 Å². The van der Waals surface area contributed by atoms with Gasteiger partial charge in [0.05, 0.1) is 6.61 Å². The number of ether oxygens (including phenoxy) is 1. The van der Waals surface area contributed by atoms with Crippen LogP contribution >= 0.6 is 11.3 Å². The molecule has 1 atom stereocenters. The molecular formula is C14H25N3OS. The van der Waals surface area contributed by atoms with Crippen LogP contribution in [0, 0.1) is 0 Å². The summed E-state index contributed by atoms with van der Waals surface area (Å²) in [6, 6.07) is 2.17. The molecule has 0 radical (unpaired) electrons. The topological polar surface area (TPSA) is 45.7 Å². The second-order valence-electron chi connectivity index (χ2n) is 4.30. The van der Waals surface area contributed by atoms with Crippen LogP contribution in [-0.4, -0.2) is 38.8 Å². The van der Waals surface area contributed by atoms with Gasteiger partial charge in [0.2, 0.25) is 0 Å². The highest BCUT2D eigenvalue weighted by Gasteiger charge is 2.05. The number of nitrogens with one attached hydrogen (secondary N) is 2. The fraction of sp³-hybridized carbons (Fsp3) is 0.643. The van der Waals surface area contributed by atoms with Gasteiger partial charge in [0.25, 0.3) is 0 Å². The number of thiophene rings is 1. The highest BCUT2D eigenvalue weighted by atomic mass is 32.1. The lowest BCUT2D eigenvalue weighted by Crippen LogP contribution is -2.39. The van der Waals surface area contributed by atoms with Crippen LogP contribution < -0.4 is 10.6 Å². The summed E-state index contributed by atoms with van der Waals surface area (Å²) in [6.45, 7) is 10.2. The molecule has 1 aromatic rings. The lowest BCUT2D eigenvalue weighted by Gasteiger charge is -2.13. The minimum absolute atomic E-state index is 0.452. The summed E-state index contributed by atoms with van der Waals surface area (Å²) in [5.74, 6) is 1.32. The molecule has 0 amide bonds. The van der Waals surface area contributed by atoms with Crippen LogP contribution in [0.3, 0.4) is 0 Å².